The Morgan fingerprint density at radius 3 is 2.30 bits per heavy atom. The highest BCUT2D eigenvalue weighted by Gasteiger charge is 2.19. The molecule has 1 aromatic heterocycles. The fourth-order valence-corrected chi connectivity index (χ4v) is 2.75. The molecule has 3 rings (SSSR count). The van der Waals surface area contributed by atoms with Crippen molar-refractivity contribution < 1.29 is 9.15 Å². The molecule has 2 N–H and O–H groups in total. The highest BCUT2D eigenvalue weighted by molar-refractivity contribution is 5.79. The van der Waals surface area contributed by atoms with Crippen molar-refractivity contribution in [3.8, 4) is 5.75 Å². The van der Waals surface area contributed by atoms with E-state index in [1.807, 2.05) is 42.5 Å². The van der Waals surface area contributed by atoms with Crippen LogP contribution in [0.2, 0.25) is 0 Å². The van der Waals surface area contributed by atoms with Crippen LogP contribution in [0.4, 0.5) is 0 Å². The Hall–Kier alpha value is -3.28. The minimum absolute atomic E-state index is 0.0534. The second-order valence-electron chi connectivity index (χ2n) is 8.07. The molecule has 0 bridgehead atoms. The van der Waals surface area contributed by atoms with Gasteiger partial charge >= 0.3 is 0 Å². The van der Waals surface area contributed by atoms with E-state index in [1.54, 1.807) is 13.2 Å². The number of aliphatic imine (C=N–C) groups is 1. The molecule has 0 spiro atoms. The van der Waals surface area contributed by atoms with E-state index < -0.39 is 0 Å². The molecule has 0 aliphatic heterocycles. The molecule has 0 unspecified atom stereocenters. The van der Waals surface area contributed by atoms with Crippen LogP contribution >= 0.6 is 0 Å². The van der Waals surface area contributed by atoms with Gasteiger partial charge < -0.3 is 19.8 Å². The fraction of sp³-hybridized carbons (Fsp3) is 0.333. The second-order valence-corrected chi connectivity index (χ2v) is 8.07. The van der Waals surface area contributed by atoms with Gasteiger partial charge in [-0.1, -0.05) is 63.2 Å². The van der Waals surface area contributed by atoms with E-state index in [-0.39, 0.29) is 5.41 Å². The molecular weight excluding hydrogens is 376 g/mol. The van der Waals surface area contributed by atoms with Gasteiger partial charge in [0.05, 0.1) is 12.7 Å². The number of nitrogens with zero attached hydrogens (tertiary/aromatic N) is 2. The summed E-state index contributed by atoms with van der Waals surface area (Å²) in [5.41, 5.74) is 2.23. The van der Waals surface area contributed by atoms with Crippen LogP contribution in [0, 0.1) is 0 Å². The molecule has 3 aromatic rings. The molecule has 158 valence electrons. The van der Waals surface area contributed by atoms with Crippen LogP contribution in [0.5, 0.6) is 5.75 Å². The number of hydrogen-bond acceptors (Lipinski definition) is 4. The van der Waals surface area contributed by atoms with Crippen LogP contribution in [0.1, 0.15) is 43.5 Å². The molecule has 0 fully saturated rings. The lowest BCUT2D eigenvalue weighted by molar-refractivity contribution is 0.306. The van der Waals surface area contributed by atoms with Crippen molar-refractivity contribution in [1.82, 2.24) is 15.6 Å². The third kappa shape index (κ3) is 6.37. The molecule has 0 saturated heterocycles. The second kappa shape index (κ2) is 9.96. The Labute approximate surface area is 178 Å². The first-order valence-corrected chi connectivity index (χ1v) is 10.1. The summed E-state index contributed by atoms with van der Waals surface area (Å²) in [7, 11) is 1.74. The summed E-state index contributed by atoms with van der Waals surface area (Å²) in [5, 5.41) is 6.53. The molecule has 0 radical (unpaired) electrons. The minimum Gasteiger partial charge on any atom is -0.489 e. The zero-order valence-electron chi connectivity index (χ0n) is 18.1. The van der Waals surface area contributed by atoms with Gasteiger partial charge in [-0.3, -0.25) is 4.99 Å². The van der Waals surface area contributed by atoms with Crippen molar-refractivity contribution >= 4 is 5.96 Å². The van der Waals surface area contributed by atoms with Crippen molar-refractivity contribution in [2.45, 2.75) is 45.9 Å². The number of rotatable bonds is 7. The van der Waals surface area contributed by atoms with Crippen molar-refractivity contribution in [2.24, 2.45) is 4.99 Å². The number of nitrogens with one attached hydrogen (secondary N) is 2. The van der Waals surface area contributed by atoms with Crippen molar-refractivity contribution in [2.75, 3.05) is 7.05 Å². The van der Waals surface area contributed by atoms with Gasteiger partial charge in [-0.15, -0.1) is 0 Å². The van der Waals surface area contributed by atoms with Crippen molar-refractivity contribution in [3.05, 3.63) is 83.6 Å². The van der Waals surface area contributed by atoms with Crippen LogP contribution in [-0.4, -0.2) is 18.0 Å². The van der Waals surface area contributed by atoms with Gasteiger partial charge in [0.25, 0.3) is 0 Å². The number of aromatic nitrogens is 1. The summed E-state index contributed by atoms with van der Waals surface area (Å²) >= 11 is 0. The predicted octanol–water partition coefficient (Wildman–Crippen LogP) is 4.42. The molecule has 6 heteroatoms. The van der Waals surface area contributed by atoms with E-state index >= 15 is 0 Å². The van der Waals surface area contributed by atoms with E-state index in [2.05, 4.69) is 53.5 Å². The Morgan fingerprint density at radius 1 is 0.967 bits per heavy atom. The number of benzene rings is 2. The summed E-state index contributed by atoms with van der Waals surface area (Å²) in [4.78, 5) is 8.58. The molecular formula is C24H30N4O2. The van der Waals surface area contributed by atoms with Crippen LogP contribution in [-0.2, 0) is 25.1 Å². The van der Waals surface area contributed by atoms with E-state index in [1.165, 1.54) is 0 Å². The molecule has 1 heterocycles. The van der Waals surface area contributed by atoms with Crippen LogP contribution in [0.3, 0.4) is 0 Å². The maximum Gasteiger partial charge on any atom is 0.213 e. The Bertz CT molecular complexity index is 941. The average Bonchev–Trinajstić information content (AvgIpc) is 3.24. The Morgan fingerprint density at radius 2 is 1.67 bits per heavy atom. The highest BCUT2D eigenvalue weighted by Crippen LogP contribution is 2.22. The van der Waals surface area contributed by atoms with Crippen molar-refractivity contribution in [1.29, 1.82) is 0 Å². The Balaban J connectivity index is 1.45. The maximum absolute atomic E-state index is 5.83. The topological polar surface area (TPSA) is 71.7 Å². The molecule has 30 heavy (non-hydrogen) atoms. The summed E-state index contributed by atoms with van der Waals surface area (Å²) < 4.78 is 11.6. The van der Waals surface area contributed by atoms with Crippen LogP contribution in [0.15, 0.2) is 70.2 Å². The normalized spacial score (nSPS) is 11.9. The highest BCUT2D eigenvalue weighted by atomic mass is 16.5. The number of hydrogen-bond donors (Lipinski definition) is 2. The first-order valence-electron chi connectivity index (χ1n) is 10.1. The zero-order chi connectivity index (χ0) is 21.4. The first kappa shape index (κ1) is 21.4. The largest absolute Gasteiger partial charge is 0.489 e. The number of guanidine groups is 1. The smallest absolute Gasteiger partial charge is 0.213 e. The van der Waals surface area contributed by atoms with E-state index in [9.17, 15) is 0 Å². The lowest BCUT2D eigenvalue weighted by Gasteiger charge is -2.13. The average molecular weight is 407 g/mol. The monoisotopic (exact) mass is 406 g/mol. The number of ether oxygens (including phenoxy) is 1. The van der Waals surface area contributed by atoms with E-state index in [0.717, 1.165) is 22.6 Å². The Kier molecular flexibility index (Phi) is 7.12. The third-order valence-corrected chi connectivity index (χ3v) is 4.56. The molecule has 0 aliphatic carbocycles. The van der Waals surface area contributed by atoms with Gasteiger partial charge in [0.2, 0.25) is 5.89 Å². The minimum atomic E-state index is -0.0534. The standard InChI is InChI=1S/C24H30N4O2/c1-24(2,3)21-15-26-22(30-21)16-28-23(25-4)27-14-18-10-12-20(13-11-18)29-17-19-8-6-5-7-9-19/h5-13,15H,14,16-17H2,1-4H3,(H2,25,27,28). The van der Waals surface area contributed by atoms with Gasteiger partial charge in [-0.25, -0.2) is 4.98 Å². The molecule has 0 amide bonds. The van der Waals surface area contributed by atoms with Gasteiger partial charge in [-0.2, -0.15) is 0 Å². The number of oxazole rings is 1. The summed E-state index contributed by atoms with van der Waals surface area (Å²) in [6.07, 6.45) is 1.79. The molecule has 2 aromatic carbocycles. The lowest BCUT2D eigenvalue weighted by atomic mass is 9.94. The molecule has 0 saturated carbocycles. The lowest BCUT2D eigenvalue weighted by Crippen LogP contribution is -2.36. The fourth-order valence-electron chi connectivity index (χ4n) is 2.75. The summed E-state index contributed by atoms with van der Waals surface area (Å²) in [5.74, 6) is 3.05. The quantitative estimate of drug-likeness (QED) is 0.449. The SMILES string of the molecule is CN=C(NCc1ccc(OCc2ccccc2)cc1)NCc1ncc(C(C)(C)C)o1. The van der Waals surface area contributed by atoms with Gasteiger partial charge in [0, 0.05) is 19.0 Å². The van der Waals surface area contributed by atoms with Crippen LogP contribution < -0.4 is 15.4 Å². The predicted molar refractivity (Wildman–Crippen MR) is 119 cm³/mol. The van der Waals surface area contributed by atoms with Gasteiger partial charge in [-0.05, 0) is 23.3 Å². The maximum atomic E-state index is 5.83. The summed E-state index contributed by atoms with van der Waals surface area (Å²) in [6.45, 7) is 7.99. The van der Waals surface area contributed by atoms with E-state index in [4.69, 9.17) is 9.15 Å². The third-order valence-electron chi connectivity index (χ3n) is 4.56. The molecule has 0 aliphatic rings. The first-order chi connectivity index (χ1) is 14.4. The van der Waals surface area contributed by atoms with Crippen molar-refractivity contribution in [3.63, 3.8) is 0 Å². The summed E-state index contributed by atoms with van der Waals surface area (Å²) in [6, 6.07) is 18.2. The van der Waals surface area contributed by atoms with E-state index in [0.29, 0.717) is 31.5 Å². The zero-order valence-corrected chi connectivity index (χ0v) is 18.1. The van der Waals surface area contributed by atoms with Gasteiger partial charge in [0.15, 0.2) is 5.96 Å². The molecule has 0 atom stereocenters. The van der Waals surface area contributed by atoms with Crippen LogP contribution in [0.25, 0.3) is 0 Å². The molecule has 6 nitrogen and oxygen atoms in total. The van der Waals surface area contributed by atoms with Gasteiger partial charge in [0.1, 0.15) is 18.1 Å².